The van der Waals surface area contributed by atoms with Gasteiger partial charge in [0, 0.05) is 38.7 Å². The van der Waals surface area contributed by atoms with Crippen molar-refractivity contribution in [3.05, 3.63) is 35.1 Å². The van der Waals surface area contributed by atoms with E-state index in [1.165, 1.54) is 19.0 Å². The highest BCUT2D eigenvalue weighted by molar-refractivity contribution is 5.88. The Balaban J connectivity index is 2.35. The summed E-state index contributed by atoms with van der Waals surface area (Å²) in [5.41, 5.74) is 3.68. The van der Waals surface area contributed by atoms with Crippen molar-refractivity contribution in [2.75, 3.05) is 14.1 Å². The fraction of sp³-hybridized carbons (Fsp3) is 0.500. The number of primary amides is 1. The van der Waals surface area contributed by atoms with Crippen LogP contribution in [0.25, 0.3) is 0 Å². The Morgan fingerprint density at radius 3 is 2.48 bits per heavy atom. The number of amides is 4. The van der Waals surface area contributed by atoms with Gasteiger partial charge in [-0.25, -0.2) is 9.18 Å². The van der Waals surface area contributed by atoms with E-state index >= 15 is 0 Å². The van der Waals surface area contributed by atoms with Gasteiger partial charge in [0.1, 0.15) is 11.9 Å². The molecule has 7 nitrogen and oxygen atoms in total. The fourth-order valence-electron chi connectivity index (χ4n) is 3.18. The SMILES string of the molecule is CN(C)C(=O)C[C@@H]1CC[C@@H](NC(N)=O)C(=O)N1Cc1cc(C(F)(F)F)ccc1F. The van der Waals surface area contributed by atoms with Crippen LogP contribution in [0.5, 0.6) is 0 Å². The number of hydrogen-bond donors (Lipinski definition) is 2. The largest absolute Gasteiger partial charge is 0.416 e. The summed E-state index contributed by atoms with van der Waals surface area (Å²) in [5.74, 6) is -1.84. The first kappa shape index (κ1) is 22.4. The zero-order chi connectivity index (χ0) is 21.9. The van der Waals surface area contributed by atoms with Crippen molar-refractivity contribution < 1.29 is 31.9 Å². The number of urea groups is 1. The van der Waals surface area contributed by atoms with Crippen LogP contribution < -0.4 is 11.1 Å². The van der Waals surface area contributed by atoms with Crippen molar-refractivity contribution in [2.45, 2.75) is 44.1 Å². The van der Waals surface area contributed by atoms with Gasteiger partial charge >= 0.3 is 12.2 Å². The molecule has 29 heavy (non-hydrogen) atoms. The van der Waals surface area contributed by atoms with Crippen molar-refractivity contribution in [3.8, 4) is 0 Å². The summed E-state index contributed by atoms with van der Waals surface area (Å²) in [6.07, 6.45) is -4.26. The zero-order valence-electron chi connectivity index (χ0n) is 15.9. The Hall–Kier alpha value is -2.85. The van der Waals surface area contributed by atoms with Crippen molar-refractivity contribution in [1.29, 1.82) is 0 Å². The second-order valence-electron chi connectivity index (χ2n) is 7.05. The Kier molecular flexibility index (Phi) is 6.70. The molecule has 2 atom stereocenters. The predicted octanol–water partition coefficient (Wildman–Crippen LogP) is 1.85. The molecular weight excluding hydrogens is 396 g/mol. The third kappa shape index (κ3) is 5.58. The van der Waals surface area contributed by atoms with Gasteiger partial charge in [0.2, 0.25) is 11.8 Å². The van der Waals surface area contributed by atoms with Crippen LogP contribution in [0, 0.1) is 5.82 Å². The average Bonchev–Trinajstić information content (AvgIpc) is 2.60. The molecule has 1 aromatic rings. The number of carbonyl (C=O) groups excluding carboxylic acids is 3. The molecule has 0 aromatic heterocycles. The highest BCUT2D eigenvalue weighted by atomic mass is 19.4. The van der Waals surface area contributed by atoms with E-state index in [1.54, 1.807) is 0 Å². The summed E-state index contributed by atoms with van der Waals surface area (Å²) in [7, 11) is 3.06. The lowest BCUT2D eigenvalue weighted by molar-refractivity contribution is -0.142. The van der Waals surface area contributed by atoms with E-state index in [-0.39, 0.29) is 30.7 Å². The molecule has 0 radical (unpaired) electrons. The number of alkyl halides is 3. The van der Waals surface area contributed by atoms with E-state index in [0.29, 0.717) is 18.2 Å². The topological polar surface area (TPSA) is 95.7 Å². The average molecular weight is 418 g/mol. The Labute approximate surface area is 164 Å². The maximum absolute atomic E-state index is 14.2. The van der Waals surface area contributed by atoms with E-state index in [4.69, 9.17) is 5.73 Å². The monoisotopic (exact) mass is 418 g/mol. The summed E-state index contributed by atoms with van der Waals surface area (Å²) >= 11 is 0. The van der Waals surface area contributed by atoms with Gasteiger partial charge in [-0.15, -0.1) is 0 Å². The number of likely N-dealkylation sites (tertiary alicyclic amines) is 1. The minimum absolute atomic E-state index is 0.0807. The summed E-state index contributed by atoms with van der Waals surface area (Å²) in [6, 6.07) is -0.647. The molecular formula is C18H22F4N4O3. The third-order valence-electron chi connectivity index (χ3n) is 4.75. The normalized spacial score (nSPS) is 19.8. The molecule has 1 heterocycles. The number of carbonyl (C=O) groups is 3. The highest BCUT2D eigenvalue weighted by Crippen LogP contribution is 2.32. The number of benzene rings is 1. The smallest absolute Gasteiger partial charge is 0.352 e. The number of rotatable bonds is 5. The number of nitrogens with one attached hydrogen (secondary N) is 1. The van der Waals surface area contributed by atoms with Crippen LogP contribution in [0.15, 0.2) is 18.2 Å². The molecule has 1 saturated heterocycles. The standard InChI is InChI=1S/C18H22F4N4O3/c1-25(2)15(27)8-12-4-6-14(24-17(23)29)16(28)26(12)9-10-7-11(18(20,21)22)3-5-13(10)19/h3,5,7,12,14H,4,6,8-9H2,1-2H3,(H3,23,24,29)/t12-,14+/m0/s1. The van der Waals surface area contributed by atoms with Gasteiger partial charge in [0.25, 0.3) is 0 Å². The Bertz CT molecular complexity index is 798. The predicted molar refractivity (Wildman–Crippen MR) is 94.8 cm³/mol. The summed E-state index contributed by atoms with van der Waals surface area (Å²) in [5, 5.41) is 2.27. The molecule has 0 unspecified atom stereocenters. The maximum Gasteiger partial charge on any atom is 0.416 e. The van der Waals surface area contributed by atoms with E-state index in [9.17, 15) is 31.9 Å². The first-order chi connectivity index (χ1) is 13.4. The highest BCUT2D eigenvalue weighted by Gasteiger charge is 2.38. The van der Waals surface area contributed by atoms with Gasteiger partial charge in [-0.05, 0) is 31.0 Å². The molecule has 2 rings (SSSR count). The van der Waals surface area contributed by atoms with E-state index < -0.39 is 48.1 Å². The molecule has 1 aliphatic rings. The van der Waals surface area contributed by atoms with Crippen LogP contribution in [0.3, 0.4) is 0 Å². The minimum Gasteiger partial charge on any atom is -0.352 e. The summed E-state index contributed by atoms with van der Waals surface area (Å²) in [4.78, 5) is 38.5. The van der Waals surface area contributed by atoms with Gasteiger partial charge in [0.05, 0.1) is 5.56 Å². The van der Waals surface area contributed by atoms with Crippen molar-refractivity contribution >= 4 is 17.8 Å². The number of hydrogen-bond acceptors (Lipinski definition) is 3. The lowest BCUT2D eigenvalue weighted by Gasteiger charge is -2.39. The van der Waals surface area contributed by atoms with Crippen molar-refractivity contribution in [1.82, 2.24) is 15.1 Å². The molecule has 1 aliphatic heterocycles. The van der Waals surface area contributed by atoms with E-state index in [0.717, 1.165) is 4.90 Å². The van der Waals surface area contributed by atoms with Gasteiger partial charge in [-0.1, -0.05) is 0 Å². The maximum atomic E-state index is 14.2. The van der Waals surface area contributed by atoms with E-state index in [2.05, 4.69) is 5.32 Å². The molecule has 160 valence electrons. The first-order valence-electron chi connectivity index (χ1n) is 8.82. The third-order valence-corrected chi connectivity index (χ3v) is 4.75. The van der Waals surface area contributed by atoms with Crippen LogP contribution in [-0.4, -0.2) is 53.8 Å². The van der Waals surface area contributed by atoms with Gasteiger partial charge in [-0.2, -0.15) is 13.2 Å². The van der Waals surface area contributed by atoms with Gasteiger partial charge < -0.3 is 20.9 Å². The lowest BCUT2D eigenvalue weighted by atomic mass is 9.93. The van der Waals surface area contributed by atoms with Gasteiger partial charge in [-0.3, -0.25) is 9.59 Å². The summed E-state index contributed by atoms with van der Waals surface area (Å²) < 4.78 is 53.1. The molecule has 1 fully saturated rings. The molecule has 0 bridgehead atoms. The van der Waals surface area contributed by atoms with E-state index in [1.807, 2.05) is 0 Å². The molecule has 4 amide bonds. The van der Waals surface area contributed by atoms with Crippen LogP contribution in [0.4, 0.5) is 22.4 Å². The second kappa shape index (κ2) is 8.66. The fourth-order valence-corrected chi connectivity index (χ4v) is 3.18. The van der Waals surface area contributed by atoms with Gasteiger partial charge in [0.15, 0.2) is 0 Å². The Morgan fingerprint density at radius 2 is 1.93 bits per heavy atom. The molecule has 11 heteroatoms. The quantitative estimate of drug-likeness (QED) is 0.715. The second-order valence-corrected chi connectivity index (χ2v) is 7.05. The lowest BCUT2D eigenvalue weighted by Crippen LogP contribution is -2.57. The minimum atomic E-state index is -4.68. The molecule has 3 N–H and O–H groups in total. The van der Waals surface area contributed by atoms with Crippen LogP contribution >= 0.6 is 0 Å². The number of piperidine rings is 1. The summed E-state index contributed by atoms with van der Waals surface area (Å²) in [6.45, 7) is -0.475. The molecule has 0 spiro atoms. The molecule has 1 aromatic carbocycles. The molecule has 0 aliphatic carbocycles. The first-order valence-corrected chi connectivity index (χ1v) is 8.82. The number of halogens is 4. The van der Waals surface area contributed by atoms with Crippen LogP contribution in [-0.2, 0) is 22.3 Å². The molecule has 0 saturated carbocycles. The number of nitrogens with two attached hydrogens (primary N) is 1. The Morgan fingerprint density at radius 1 is 1.28 bits per heavy atom. The zero-order valence-corrected chi connectivity index (χ0v) is 15.9. The van der Waals surface area contributed by atoms with Crippen LogP contribution in [0.1, 0.15) is 30.4 Å². The van der Waals surface area contributed by atoms with Crippen LogP contribution in [0.2, 0.25) is 0 Å². The number of nitrogens with zero attached hydrogens (tertiary/aromatic N) is 2. The van der Waals surface area contributed by atoms with Crippen molar-refractivity contribution in [3.63, 3.8) is 0 Å². The van der Waals surface area contributed by atoms with Crippen molar-refractivity contribution in [2.24, 2.45) is 5.73 Å².